The zero-order valence-corrected chi connectivity index (χ0v) is 41.3. The van der Waals surface area contributed by atoms with Crippen LogP contribution >= 0.6 is 8.25 Å². The van der Waals surface area contributed by atoms with Gasteiger partial charge >= 0.3 is 13.9 Å². The molecule has 14 nitrogen and oxygen atoms in total. The van der Waals surface area contributed by atoms with Crippen LogP contribution in [-0.4, -0.2) is 78.3 Å². The number of nitriles is 1. The Morgan fingerprint density at radius 2 is 1.32 bits per heavy atom. The summed E-state index contributed by atoms with van der Waals surface area (Å²) >= 11 is 0. The number of hydrogen-bond acceptors (Lipinski definition) is 12. The summed E-state index contributed by atoms with van der Waals surface area (Å²) in [4.78, 5) is 30.6. The third-order valence-electron chi connectivity index (χ3n) is 13.3. The minimum atomic E-state index is -2.97. The van der Waals surface area contributed by atoms with Crippen molar-refractivity contribution >= 4 is 40.6 Å². The highest BCUT2D eigenvalue weighted by Crippen LogP contribution is 2.45. The molecule has 1 aliphatic rings. The molecule has 0 aliphatic carbocycles. The molecule has 0 spiro atoms. The third kappa shape index (κ3) is 9.83. The van der Waals surface area contributed by atoms with Crippen LogP contribution < -0.4 is 20.7 Å². The van der Waals surface area contributed by atoms with Crippen molar-refractivity contribution in [3.63, 3.8) is 0 Å². The van der Waals surface area contributed by atoms with Gasteiger partial charge in [0.05, 0.1) is 33.5 Å². The van der Waals surface area contributed by atoms with E-state index in [1.54, 1.807) is 14.2 Å². The van der Waals surface area contributed by atoms with Gasteiger partial charge in [-0.3, -0.25) is 19.2 Å². The number of rotatable bonds is 20. The molecule has 8 aromatic rings. The molecule has 7 aromatic carbocycles. The predicted octanol–water partition coefficient (Wildman–Crippen LogP) is 10.0. The van der Waals surface area contributed by atoms with Crippen LogP contribution in [0.1, 0.15) is 56.2 Å². The second-order valence-corrected chi connectivity index (χ2v) is 19.0. The lowest BCUT2D eigenvalue weighted by Gasteiger charge is -2.37. The monoisotopic (exact) mass is 975 g/mol. The van der Waals surface area contributed by atoms with Crippen molar-refractivity contribution in [2.45, 2.75) is 82.6 Å². The lowest BCUT2D eigenvalue weighted by atomic mass is 9.80. The maximum Gasteiger partial charge on any atom is 0.697 e. The molecule has 2 heterocycles. The van der Waals surface area contributed by atoms with Gasteiger partial charge < -0.3 is 23.7 Å². The summed E-state index contributed by atoms with van der Waals surface area (Å²) < 4.78 is 60.2. The molecule has 364 valence electrons. The summed E-state index contributed by atoms with van der Waals surface area (Å²) in [6, 6.07) is 46.3. The van der Waals surface area contributed by atoms with Crippen LogP contribution in [0.2, 0.25) is 0 Å². The molecule has 4 unspecified atom stereocenters. The molecule has 0 bridgehead atoms. The highest BCUT2D eigenvalue weighted by atomic mass is 31.1. The Morgan fingerprint density at radius 3 is 1.92 bits per heavy atom. The molecule has 1 N–H and O–H groups in total. The highest BCUT2D eigenvalue weighted by Gasteiger charge is 2.54. The van der Waals surface area contributed by atoms with Gasteiger partial charge in [-0.05, 0) is 107 Å². The molecule has 15 heteroatoms. The first kappa shape index (κ1) is 49.2. The maximum absolute atomic E-state index is 14.3. The van der Waals surface area contributed by atoms with Gasteiger partial charge in [0.15, 0.2) is 12.3 Å². The summed E-state index contributed by atoms with van der Waals surface area (Å²) in [7, 11) is 0.235. The number of aromatic amines is 1. The summed E-state index contributed by atoms with van der Waals surface area (Å²) in [5, 5.41) is 16.8. The molecular formula is C56H56N4O10P+. The Balaban J connectivity index is 1.14. The molecule has 71 heavy (non-hydrogen) atoms. The number of nitrogens with one attached hydrogen (secondary N) is 1. The predicted molar refractivity (Wildman–Crippen MR) is 272 cm³/mol. The van der Waals surface area contributed by atoms with E-state index in [4.69, 9.17) is 32.7 Å². The number of ether oxygens (including phenoxy) is 5. The average Bonchev–Trinajstić information content (AvgIpc) is 3.72. The largest absolute Gasteiger partial charge is 0.697 e. The van der Waals surface area contributed by atoms with Crippen molar-refractivity contribution in [1.82, 2.24) is 14.5 Å². The smallest absolute Gasteiger partial charge is 0.497 e. The Hall–Kier alpha value is -6.79. The van der Waals surface area contributed by atoms with Crippen LogP contribution in [0.15, 0.2) is 155 Å². The van der Waals surface area contributed by atoms with E-state index in [1.165, 1.54) is 16.8 Å². The van der Waals surface area contributed by atoms with Gasteiger partial charge in [0, 0.05) is 28.9 Å². The Labute approximate surface area is 412 Å². The maximum atomic E-state index is 14.3. The van der Waals surface area contributed by atoms with Crippen LogP contribution in [0.5, 0.6) is 11.5 Å². The molecule has 6 atom stereocenters. The standard InChI is InChI=1S/C56H55N4O10P/c1-35(2)60(36(3)4)44(31-57)33-68-71(63)70-52-48(34-67-56(41-13-8-7-9-14-41,42-20-24-45(64-5)25-21-42)43-22-26-46(65-6)27-23-43)69-54(59-30-29-49(61)58-55(59)62)53(52)66-32-40-18-17-39-16-15-37-11-10-12-38-19-28-47(40)51(39)50(37)38/h7-30,35-36,44,48,52-54H,32-34H2,1-6H3/p+1/t44?,48-,52?,53?,54-/m0/s1. The van der Waals surface area contributed by atoms with Gasteiger partial charge in [0.25, 0.3) is 5.56 Å². The zero-order valence-electron chi connectivity index (χ0n) is 40.4. The van der Waals surface area contributed by atoms with Crippen LogP contribution in [0.3, 0.4) is 0 Å². The minimum Gasteiger partial charge on any atom is -0.497 e. The summed E-state index contributed by atoms with van der Waals surface area (Å²) in [5.41, 5.74) is 0.453. The number of nitrogens with zero attached hydrogens (tertiary/aromatic N) is 3. The first-order valence-corrected chi connectivity index (χ1v) is 24.7. The number of methoxy groups -OCH3 is 2. The molecule has 0 saturated carbocycles. The third-order valence-corrected chi connectivity index (χ3v) is 14.1. The quantitative estimate of drug-likeness (QED) is 0.0438. The Kier molecular flexibility index (Phi) is 14.7. The molecular weight excluding hydrogens is 920 g/mol. The minimum absolute atomic E-state index is 0.0120. The SMILES string of the molecule is COc1ccc(C(OC[C@@H]2O[C@H](n3ccc(=O)[nH]c3=O)C(OCc3ccc4ccc5cccc6ccc3c4c56)C2O[P+](=O)OCC(C#N)N(C(C)C)C(C)C)(c2ccccc2)c2ccc(OC)cc2)cc1. The molecule has 9 rings (SSSR count). The van der Waals surface area contributed by atoms with E-state index in [2.05, 4.69) is 53.5 Å². The van der Waals surface area contributed by atoms with Gasteiger partial charge in [0.1, 0.15) is 42.0 Å². The molecule has 1 saturated heterocycles. The van der Waals surface area contributed by atoms with E-state index in [0.717, 1.165) is 54.6 Å². The molecule has 1 aliphatic heterocycles. The van der Waals surface area contributed by atoms with Gasteiger partial charge in [-0.25, -0.2) is 4.79 Å². The normalized spacial score (nSPS) is 17.9. The number of hydrogen-bond donors (Lipinski definition) is 1. The highest BCUT2D eigenvalue weighted by molar-refractivity contribution is 7.33. The second kappa shape index (κ2) is 21.3. The van der Waals surface area contributed by atoms with Crippen molar-refractivity contribution in [3.05, 3.63) is 189 Å². The van der Waals surface area contributed by atoms with Crippen molar-refractivity contribution < 1.29 is 37.3 Å². The van der Waals surface area contributed by atoms with Gasteiger partial charge in [-0.2, -0.15) is 5.26 Å². The van der Waals surface area contributed by atoms with E-state index in [9.17, 15) is 19.4 Å². The van der Waals surface area contributed by atoms with E-state index in [1.807, 2.05) is 124 Å². The molecule has 0 radical (unpaired) electrons. The Bertz CT molecular complexity index is 3210. The van der Waals surface area contributed by atoms with Crippen molar-refractivity contribution in [1.29, 1.82) is 5.26 Å². The van der Waals surface area contributed by atoms with Crippen molar-refractivity contribution in [3.8, 4) is 17.6 Å². The fourth-order valence-corrected chi connectivity index (χ4v) is 10.9. The van der Waals surface area contributed by atoms with Crippen LogP contribution in [0.25, 0.3) is 32.3 Å². The number of aromatic nitrogens is 2. The average molecular weight is 976 g/mol. The van der Waals surface area contributed by atoms with E-state index >= 15 is 0 Å². The van der Waals surface area contributed by atoms with Crippen LogP contribution in [-0.2, 0) is 40.0 Å². The summed E-state index contributed by atoms with van der Waals surface area (Å²) in [6.07, 6.45) is -3.38. The van der Waals surface area contributed by atoms with Crippen molar-refractivity contribution in [2.75, 3.05) is 27.4 Å². The van der Waals surface area contributed by atoms with Crippen LogP contribution in [0, 0.1) is 11.3 Å². The van der Waals surface area contributed by atoms with Gasteiger partial charge in [0.2, 0.25) is 0 Å². The summed E-state index contributed by atoms with van der Waals surface area (Å²) in [6.45, 7) is 7.50. The lowest BCUT2D eigenvalue weighted by Crippen LogP contribution is -2.46. The first-order valence-electron chi connectivity index (χ1n) is 23.6. The van der Waals surface area contributed by atoms with Gasteiger partial charge in [-0.15, -0.1) is 9.05 Å². The van der Waals surface area contributed by atoms with E-state index < -0.39 is 55.7 Å². The number of H-pyrrole nitrogens is 1. The Morgan fingerprint density at radius 1 is 0.732 bits per heavy atom. The summed E-state index contributed by atoms with van der Waals surface area (Å²) in [5.74, 6) is 1.29. The molecule has 1 aromatic heterocycles. The van der Waals surface area contributed by atoms with E-state index in [-0.39, 0.29) is 31.9 Å². The lowest BCUT2D eigenvalue weighted by molar-refractivity contribution is -0.0986. The van der Waals surface area contributed by atoms with Gasteiger partial charge in [-0.1, -0.05) is 109 Å². The molecule has 0 amide bonds. The van der Waals surface area contributed by atoms with Crippen LogP contribution in [0.4, 0.5) is 0 Å². The zero-order chi connectivity index (χ0) is 49.8. The fraction of sp³-hybridized carbons (Fsp3) is 0.304. The molecule has 1 fully saturated rings. The van der Waals surface area contributed by atoms with E-state index in [0.29, 0.717) is 11.5 Å². The topological polar surface area (TPSA) is 164 Å². The first-order chi connectivity index (χ1) is 34.4. The van der Waals surface area contributed by atoms with Crippen molar-refractivity contribution in [2.24, 2.45) is 0 Å². The number of benzene rings is 7. The second-order valence-electron chi connectivity index (χ2n) is 18.1. The fourth-order valence-electron chi connectivity index (χ4n) is 10.2.